The van der Waals surface area contributed by atoms with E-state index in [2.05, 4.69) is 0 Å². The second kappa shape index (κ2) is 11.7. The Kier molecular flexibility index (Phi) is 8.33. The summed E-state index contributed by atoms with van der Waals surface area (Å²) in [5.74, 6) is -0.878. The molecule has 2 aliphatic heterocycles. The molecule has 0 aliphatic carbocycles. The summed E-state index contributed by atoms with van der Waals surface area (Å²) >= 11 is 0. The summed E-state index contributed by atoms with van der Waals surface area (Å²) in [5.41, 5.74) is -0.673. The molecule has 5 rings (SSSR count). The van der Waals surface area contributed by atoms with Crippen LogP contribution in [0.2, 0.25) is 0 Å². The molecule has 3 aromatic rings. The highest BCUT2D eigenvalue weighted by molar-refractivity contribution is 5.88. The van der Waals surface area contributed by atoms with E-state index in [0.29, 0.717) is 0 Å². The molecule has 0 unspecified atom stereocenters. The molecule has 0 bridgehead atoms. The van der Waals surface area contributed by atoms with Gasteiger partial charge in [-0.1, -0.05) is 0 Å². The normalized spacial score (nSPS) is 31.7. The van der Waals surface area contributed by atoms with E-state index in [0.717, 1.165) is 12.1 Å². The lowest BCUT2D eigenvalue weighted by Gasteiger charge is -2.39. The zero-order valence-corrected chi connectivity index (χ0v) is 22.5. The lowest BCUT2D eigenvalue weighted by Crippen LogP contribution is -2.60. The van der Waals surface area contributed by atoms with E-state index in [1.54, 1.807) is 0 Å². The van der Waals surface area contributed by atoms with Crippen molar-refractivity contribution in [2.45, 2.75) is 68.5 Å². The van der Waals surface area contributed by atoms with Gasteiger partial charge in [-0.15, -0.1) is 0 Å². The molecule has 0 amide bonds. The van der Waals surface area contributed by atoms with Crippen LogP contribution >= 0.6 is 0 Å². The quantitative estimate of drug-likeness (QED) is 0.183. The van der Waals surface area contributed by atoms with Crippen molar-refractivity contribution < 1.29 is 64.2 Å². The molecule has 0 spiro atoms. The fraction of sp³-hybridized carbons (Fsp3) is 0.464. The van der Waals surface area contributed by atoms with E-state index >= 15 is 0 Å². The molecule has 14 heteroatoms. The number of aromatic hydroxyl groups is 2. The fourth-order valence-corrected chi connectivity index (χ4v) is 5.23. The number of hydrogen-bond donors (Lipinski definition) is 8. The number of aliphatic hydroxyl groups excluding tert-OH is 6. The van der Waals surface area contributed by atoms with Crippen molar-refractivity contribution in [1.29, 1.82) is 0 Å². The summed E-state index contributed by atoms with van der Waals surface area (Å²) in [5, 5.41) is 81.6. The highest BCUT2D eigenvalue weighted by atomic mass is 16.7. The smallest absolute Gasteiger partial charge is 0.229 e. The molecule has 2 aliphatic rings. The van der Waals surface area contributed by atoms with Crippen molar-refractivity contribution in [1.82, 2.24) is 0 Å². The maximum absolute atomic E-state index is 13.2. The van der Waals surface area contributed by atoms with Crippen LogP contribution in [0.4, 0.5) is 0 Å². The Morgan fingerprint density at radius 2 is 1.67 bits per heavy atom. The van der Waals surface area contributed by atoms with Gasteiger partial charge in [0.25, 0.3) is 0 Å². The van der Waals surface area contributed by atoms with Crippen LogP contribution < -0.4 is 14.9 Å². The van der Waals surface area contributed by atoms with E-state index in [-0.39, 0.29) is 45.8 Å². The maximum atomic E-state index is 13.2. The minimum atomic E-state index is -1.68. The molecule has 14 nitrogen and oxygen atoms in total. The van der Waals surface area contributed by atoms with Crippen molar-refractivity contribution in [2.75, 3.05) is 13.7 Å². The average molecular weight is 593 g/mol. The number of fused-ring (bicyclic) bond motifs is 1. The van der Waals surface area contributed by atoms with E-state index in [4.69, 9.17) is 23.4 Å². The number of methoxy groups -OCH3 is 1. The molecule has 42 heavy (non-hydrogen) atoms. The van der Waals surface area contributed by atoms with Gasteiger partial charge in [0.05, 0.1) is 37.6 Å². The van der Waals surface area contributed by atoms with Crippen LogP contribution in [0, 0.1) is 0 Å². The summed E-state index contributed by atoms with van der Waals surface area (Å²) < 4.78 is 28.0. The first-order valence-corrected chi connectivity index (χ1v) is 13.1. The Labute approximate surface area is 238 Å². The molecule has 1 aromatic heterocycles. The number of hydrogen-bond acceptors (Lipinski definition) is 14. The van der Waals surface area contributed by atoms with Crippen LogP contribution in [0.25, 0.3) is 22.3 Å². The summed E-state index contributed by atoms with van der Waals surface area (Å²) in [7, 11) is 1.35. The van der Waals surface area contributed by atoms with Crippen molar-refractivity contribution >= 4 is 11.0 Å². The number of phenols is 2. The third-order valence-electron chi connectivity index (χ3n) is 7.58. The van der Waals surface area contributed by atoms with Gasteiger partial charge in [0.15, 0.2) is 16.9 Å². The van der Waals surface area contributed by atoms with Gasteiger partial charge >= 0.3 is 0 Å². The van der Waals surface area contributed by atoms with Gasteiger partial charge in [-0.25, -0.2) is 0 Å². The zero-order valence-electron chi connectivity index (χ0n) is 22.5. The van der Waals surface area contributed by atoms with Crippen LogP contribution in [0.5, 0.6) is 23.0 Å². The predicted molar refractivity (Wildman–Crippen MR) is 142 cm³/mol. The monoisotopic (exact) mass is 592 g/mol. The van der Waals surface area contributed by atoms with Gasteiger partial charge in [-0.3, -0.25) is 4.79 Å². The minimum absolute atomic E-state index is 0.00133. The first kappa shape index (κ1) is 30.0. The molecule has 8 N–H and O–H groups in total. The summed E-state index contributed by atoms with van der Waals surface area (Å²) in [4.78, 5) is 13.2. The highest BCUT2D eigenvalue weighted by Crippen LogP contribution is 2.45. The zero-order chi connectivity index (χ0) is 30.5. The molecule has 2 fully saturated rings. The van der Waals surface area contributed by atoms with Gasteiger partial charge in [0.2, 0.25) is 6.29 Å². The molecule has 0 saturated carbocycles. The molecular weight excluding hydrogens is 560 g/mol. The van der Waals surface area contributed by atoms with Crippen LogP contribution in [0.3, 0.4) is 0 Å². The average Bonchev–Trinajstić information content (AvgIpc) is 2.95. The van der Waals surface area contributed by atoms with Crippen molar-refractivity contribution in [3.8, 4) is 34.3 Å². The van der Waals surface area contributed by atoms with Crippen LogP contribution in [-0.4, -0.2) is 104 Å². The van der Waals surface area contributed by atoms with Crippen molar-refractivity contribution in [2.24, 2.45) is 0 Å². The lowest BCUT2D eigenvalue weighted by molar-refractivity contribution is -0.277. The number of benzene rings is 2. The molecule has 0 radical (unpaired) electrons. The first-order valence-electron chi connectivity index (χ1n) is 13.1. The van der Waals surface area contributed by atoms with Crippen LogP contribution in [0.1, 0.15) is 25.0 Å². The maximum Gasteiger partial charge on any atom is 0.229 e. The molecule has 9 atom stereocenters. The van der Waals surface area contributed by atoms with E-state index < -0.39 is 78.7 Å². The molecule has 3 heterocycles. The Bertz CT molecular complexity index is 1490. The first-order chi connectivity index (χ1) is 19.9. The van der Waals surface area contributed by atoms with E-state index in [1.807, 2.05) is 0 Å². The molecular formula is C28H32O14. The Morgan fingerprint density at radius 1 is 0.929 bits per heavy atom. The molecule has 2 aromatic carbocycles. The van der Waals surface area contributed by atoms with Crippen LogP contribution in [0.15, 0.2) is 39.5 Å². The second-order valence-electron chi connectivity index (χ2n) is 10.3. The van der Waals surface area contributed by atoms with Crippen LogP contribution in [-0.2, 0) is 9.47 Å². The summed E-state index contributed by atoms with van der Waals surface area (Å²) in [6, 6.07) is 6.63. The highest BCUT2D eigenvalue weighted by Gasteiger charge is 2.45. The number of phenolic OH excluding ortho intramolecular Hbond substituents is 2. The van der Waals surface area contributed by atoms with Crippen molar-refractivity contribution in [3.63, 3.8) is 0 Å². The number of rotatable bonds is 6. The summed E-state index contributed by atoms with van der Waals surface area (Å²) in [6.45, 7) is 0.875. The molecule has 228 valence electrons. The van der Waals surface area contributed by atoms with Gasteiger partial charge in [0.1, 0.15) is 58.7 Å². The topological polar surface area (TPSA) is 229 Å². The Hall–Kier alpha value is -3.47. The van der Waals surface area contributed by atoms with Gasteiger partial charge < -0.3 is 64.2 Å². The molecule has 2 saturated heterocycles. The third-order valence-corrected chi connectivity index (χ3v) is 7.58. The number of ether oxygens (including phenoxy) is 4. The summed E-state index contributed by atoms with van der Waals surface area (Å²) in [6.07, 6.45) is -11.9. The minimum Gasteiger partial charge on any atom is -0.507 e. The van der Waals surface area contributed by atoms with Gasteiger partial charge in [0, 0.05) is 24.1 Å². The number of aliphatic hydroxyl groups is 6. The Balaban J connectivity index is 1.51. The van der Waals surface area contributed by atoms with E-state index in [9.17, 15) is 45.6 Å². The lowest BCUT2D eigenvalue weighted by atomic mass is 9.92. The van der Waals surface area contributed by atoms with Gasteiger partial charge in [-0.2, -0.15) is 0 Å². The SMILES string of the molecule is COc1ccc(-c2cc(=O)c3c(O)c([C@@H]4C[C@H](O)[C@H](O)[C@H](C)O4)c(O)cc3o2)cc1O[C@@H]1O[C@H](CO)[C@@H](O)[C@H](O)[C@H]1O. The van der Waals surface area contributed by atoms with Crippen molar-refractivity contribution in [3.05, 3.63) is 46.1 Å². The second-order valence-corrected chi connectivity index (χ2v) is 10.3. The van der Waals surface area contributed by atoms with E-state index in [1.165, 1.54) is 32.2 Å². The fourth-order valence-electron chi connectivity index (χ4n) is 5.23. The predicted octanol–water partition coefficient (Wildman–Crippen LogP) is -0.370. The largest absolute Gasteiger partial charge is 0.507 e. The Morgan fingerprint density at radius 3 is 2.33 bits per heavy atom. The standard InChI is InChI=1S/C28H32O14/c1-10-23(33)14(32)8-18(39-10)21-13(31)7-19-22(25(21)35)12(30)6-16(40-19)11-3-4-15(38-2)17(5-11)41-28-27(37)26(36)24(34)20(9-29)42-28/h3-7,10,14,18,20,23-24,26-29,31-37H,8-9H2,1-2H3/t10-,14-,18-,20+,23+,24+,26-,27+,28+/m0/s1. The third kappa shape index (κ3) is 5.27. The van der Waals surface area contributed by atoms with Gasteiger partial charge in [-0.05, 0) is 25.1 Å².